The van der Waals surface area contributed by atoms with E-state index in [1.54, 1.807) is 17.0 Å². The van der Waals surface area contributed by atoms with Gasteiger partial charge in [0.15, 0.2) is 0 Å². The van der Waals surface area contributed by atoms with Crippen LogP contribution >= 0.6 is 0 Å². The Labute approximate surface area is 146 Å². The third-order valence-corrected chi connectivity index (χ3v) is 5.01. The van der Waals surface area contributed by atoms with E-state index in [1.165, 1.54) is 17.7 Å². The number of nitrogens with one attached hydrogen (secondary N) is 1. The summed E-state index contributed by atoms with van der Waals surface area (Å²) in [4.78, 5) is 25.1. The summed E-state index contributed by atoms with van der Waals surface area (Å²) in [5.74, 6) is -1.54. The molecule has 0 radical (unpaired) electrons. The molecule has 0 aromatic heterocycles. The second-order valence-electron chi connectivity index (χ2n) is 6.78. The Kier molecular flexibility index (Phi) is 5.36. The molecule has 1 aromatic rings. The molecule has 1 aliphatic carbocycles. The van der Waals surface area contributed by atoms with Crippen LogP contribution in [0.4, 0.5) is 9.18 Å². The van der Waals surface area contributed by atoms with E-state index < -0.39 is 11.9 Å². The van der Waals surface area contributed by atoms with E-state index >= 15 is 0 Å². The fraction of sp³-hybridized carbons (Fsp3) is 0.474. The monoisotopic (exact) mass is 346 g/mol. The van der Waals surface area contributed by atoms with Crippen molar-refractivity contribution in [3.8, 4) is 0 Å². The number of urea groups is 1. The number of carbonyl (C=O) groups excluding carboxylic acids is 1. The number of likely N-dealkylation sites (tertiary alicyclic amines) is 1. The zero-order valence-electron chi connectivity index (χ0n) is 14.1. The number of carbonyl (C=O) groups is 2. The van der Waals surface area contributed by atoms with Gasteiger partial charge < -0.3 is 15.3 Å². The van der Waals surface area contributed by atoms with Gasteiger partial charge in [0.2, 0.25) is 0 Å². The van der Waals surface area contributed by atoms with Gasteiger partial charge in [-0.15, -0.1) is 0 Å². The van der Waals surface area contributed by atoms with E-state index in [2.05, 4.69) is 11.4 Å². The summed E-state index contributed by atoms with van der Waals surface area (Å²) in [5.41, 5.74) is 2.20. The van der Waals surface area contributed by atoms with Gasteiger partial charge in [-0.3, -0.25) is 4.79 Å². The molecule has 0 saturated carbocycles. The molecule has 1 saturated heterocycles. The van der Waals surface area contributed by atoms with Crippen LogP contribution in [0.15, 0.2) is 30.3 Å². The van der Waals surface area contributed by atoms with Crippen molar-refractivity contribution in [3.63, 3.8) is 0 Å². The Hall–Kier alpha value is -2.37. The number of benzene rings is 1. The van der Waals surface area contributed by atoms with Crippen molar-refractivity contribution in [2.24, 2.45) is 5.92 Å². The number of halogens is 1. The van der Waals surface area contributed by atoms with Crippen LogP contribution in [-0.4, -0.2) is 41.1 Å². The van der Waals surface area contributed by atoms with Crippen molar-refractivity contribution in [3.05, 3.63) is 41.7 Å². The smallest absolute Gasteiger partial charge is 0.317 e. The number of hydrogen-bond acceptors (Lipinski definition) is 2. The second kappa shape index (κ2) is 7.68. The summed E-state index contributed by atoms with van der Waals surface area (Å²) < 4.78 is 13.0. The van der Waals surface area contributed by atoms with Crippen molar-refractivity contribution in [2.75, 3.05) is 13.1 Å². The first-order chi connectivity index (χ1) is 12.0. The van der Waals surface area contributed by atoms with Gasteiger partial charge >= 0.3 is 12.0 Å². The third kappa shape index (κ3) is 4.38. The highest BCUT2D eigenvalue weighted by Gasteiger charge is 2.29. The number of rotatable bonds is 3. The molecule has 2 atom stereocenters. The number of hydrogen-bond donors (Lipinski definition) is 2. The Morgan fingerprint density at radius 2 is 1.96 bits per heavy atom. The van der Waals surface area contributed by atoms with E-state index in [-0.39, 0.29) is 24.4 Å². The lowest BCUT2D eigenvalue weighted by atomic mass is 9.91. The lowest BCUT2D eigenvalue weighted by molar-refractivity contribution is -0.143. The van der Waals surface area contributed by atoms with Crippen LogP contribution < -0.4 is 5.32 Å². The molecule has 1 aromatic carbocycles. The van der Waals surface area contributed by atoms with E-state index in [0.29, 0.717) is 13.0 Å². The van der Waals surface area contributed by atoms with Gasteiger partial charge in [-0.25, -0.2) is 9.18 Å². The molecule has 0 bridgehead atoms. The molecule has 6 heteroatoms. The number of carboxylic acids is 1. The molecule has 2 N–H and O–H groups in total. The molecule has 134 valence electrons. The standard InChI is InChI=1S/C19H23FN2O3/c20-16-7-3-13(4-8-16)14-5-9-17(10-6-14)21-19(25)22-11-1-2-15(12-22)18(23)24/h3-5,7-8,15,17H,1-2,6,9-12H2,(H,21,25)(H,23,24). The highest BCUT2D eigenvalue weighted by molar-refractivity contribution is 5.77. The van der Waals surface area contributed by atoms with Gasteiger partial charge in [-0.05, 0) is 55.4 Å². The molecule has 5 nitrogen and oxygen atoms in total. The Bertz CT molecular complexity index is 672. The lowest BCUT2D eigenvalue weighted by Crippen LogP contribution is -2.49. The Balaban J connectivity index is 1.53. The minimum Gasteiger partial charge on any atom is -0.481 e. The number of amides is 2. The molecule has 1 heterocycles. The number of aliphatic carboxylic acids is 1. The predicted molar refractivity (Wildman–Crippen MR) is 92.5 cm³/mol. The van der Waals surface area contributed by atoms with E-state index in [9.17, 15) is 14.0 Å². The predicted octanol–water partition coefficient (Wildman–Crippen LogP) is 3.27. The minimum atomic E-state index is -0.831. The van der Waals surface area contributed by atoms with Gasteiger partial charge in [0, 0.05) is 19.1 Å². The van der Waals surface area contributed by atoms with Gasteiger partial charge in [-0.2, -0.15) is 0 Å². The number of piperidine rings is 1. The first-order valence-electron chi connectivity index (χ1n) is 8.76. The molecule has 0 spiro atoms. The quantitative estimate of drug-likeness (QED) is 0.882. The van der Waals surface area contributed by atoms with Crippen LogP contribution in [0.3, 0.4) is 0 Å². The summed E-state index contributed by atoms with van der Waals surface area (Å²) in [6.07, 6.45) is 5.84. The van der Waals surface area contributed by atoms with Crippen molar-refractivity contribution < 1.29 is 19.1 Å². The first-order valence-corrected chi connectivity index (χ1v) is 8.76. The maximum atomic E-state index is 13.0. The lowest BCUT2D eigenvalue weighted by Gasteiger charge is -2.33. The van der Waals surface area contributed by atoms with Crippen LogP contribution in [-0.2, 0) is 4.79 Å². The summed E-state index contributed by atoms with van der Waals surface area (Å²) in [6, 6.07) is 6.36. The molecule has 2 aliphatic rings. The molecule has 1 fully saturated rings. The van der Waals surface area contributed by atoms with Crippen molar-refractivity contribution in [1.82, 2.24) is 10.2 Å². The molecular weight excluding hydrogens is 323 g/mol. The summed E-state index contributed by atoms with van der Waals surface area (Å²) >= 11 is 0. The Morgan fingerprint density at radius 3 is 2.60 bits per heavy atom. The molecule has 2 unspecified atom stereocenters. The Morgan fingerprint density at radius 1 is 1.20 bits per heavy atom. The van der Waals surface area contributed by atoms with Crippen LogP contribution in [0.1, 0.15) is 37.7 Å². The summed E-state index contributed by atoms with van der Waals surface area (Å²) in [6.45, 7) is 0.892. The van der Waals surface area contributed by atoms with Crippen LogP contribution in [0.5, 0.6) is 0 Å². The summed E-state index contributed by atoms with van der Waals surface area (Å²) in [5, 5.41) is 12.1. The minimum absolute atomic E-state index is 0.0573. The number of carboxylic acid groups (broad SMARTS) is 1. The molecule has 25 heavy (non-hydrogen) atoms. The van der Waals surface area contributed by atoms with Gasteiger partial charge in [0.25, 0.3) is 0 Å². The van der Waals surface area contributed by atoms with Gasteiger partial charge in [0.05, 0.1) is 5.92 Å². The first kappa shape index (κ1) is 17.5. The molecule has 3 rings (SSSR count). The average molecular weight is 346 g/mol. The fourth-order valence-electron chi connectivity index (χ4n) is 3.52. The average Bonchev–Trinajstić information content (AvgIpc) is 2.63. The van der Waals surface area contributed by atoms with E-state index in [4.69, 9.17) is 5.11 Å². The van der Waals surface area contributed by atoms with E-state index in [1.807, 2.05) is 0 Å². The molecular formula is C19H23FN2O3. The third-order valence-electron chi connectivity index (χ3n) is 5.01. The largest absolute Gasteiger partial charge is 0.481 e. The molecule has 1 aliphatic heterocycles. The summed E-state index contributed by atoms with van der Waals surface area (Å²) in [7, 11) is 0. The van der Waals surface area contributed by atoms with Crippen LogP contribution in [0.25, 0.3) is 5.57 Å². The number of nitrogens with zero attached hydrogens (tertiary/aromatic N) is 1. The highest BCUT2D eigenvalue weighted by atomic mass is 19.1. The molecule has 2 amide bonds. The fourth-order valence-corrected chi connectivity index (χ4v) is 3.52. The second-order valence-corrected chi connectivity index (χ2v) is 6.78. The zero-order valence-corrected chi connectivity index (χ0v) is 14.1. The maximum absolute atomic E-state index is 13.0. The SMILES string of the molecule is O=C(O)C1CCCN(C(=O)NC2CC=C(c3ccc(F)cc3)CC2)C1. The topological polar surface area (TPSA) is 69.6 Å². The maximum Gasteiger partial charge on any atom is 0.317 e. The van der Waals surface area contributed by atoms with E-state index in [0.717, 1.165) is 31.2 Å². The van der Waals surface area contributed by atoms with Gasteiger partial charge in [-0.1, -0.05) is 18.2 Å². The van der Waals surface area contributed by atoms with Crippen molar-refractivity contribution in [2.45, 2.75) is 38.1 Å². The van der Waals surface area contributed by atoms with Crippen molar-refractivity contribution >= 4 is 17.6 Å². The van der Waals surface area contributed by atoms with Crippen molar-refractivity contribution in [1.29, 1.82) is 0 Å². The van der Waals surface area contributed by atoms with Gasteiger partial charge in [0.1, 0.15) is 5.82 Å². The number of allylic oxidation sites excluding steroid dienone is 1. The highest BCUT2D eigenvalue weighted by Crippen LogP contribution is 2.27. The zero-order chi connectivity index (χ0) is 17.8. The van der Waals surface area contributed by atoms with Crippen LogP contribution in [0, 0.1) is 11.7 Å². The van der Waals surface area contributed by atoms with Crippen LogP contribution in [0.2, 0.25) is 0 Å². The normalized spacial score (nSPS) is 23.7.